The number of carbonyl (C=O) groups is 1. The molecule has 0 saturated heterocycles. The first-order valence-electron chi connectivity index (χ1n) is 4.93. The smallest absolute Gasteiger partial charge is 0.416 e. The van der Waals surface area contributed by atoms with Crippen LogP contribution in [0.4, 0.5) is 13.2 Å². The second-order valence-electron chi connectivity index (χ2n) is 3.62. The summed E-state index contributed by atoms with van der Waals surface area (Å²) in [5, 5.41) is 11.1. The number of nitrogens with one attached hydrogen (secondary N) is 1. The minimum Gasteiger partial charge on any atom is -0.480 e. The Morgan fingerprint density at radius 1 is 1.35 bits per heavy atom. The number of halogens is 3. The molecule has 0 saturated carbocycles. The molecule has 1 rings (SSSR count). The van der Waals surface area contributed by atoms with Crippen LogP contribution in [0.3, 0.4) is 0 Å². The van der Waals surface area contributed by atoms with E-state index in [-0.39, 0.29) is 12.6 Å². The molecule has 0 fully saturated rings. The molecule has 94 valence electrons. The Bertz CT molecular complexity index is 387. The largest absolute Gasteiger partial charge is 0.480 e. The molecule has 0 amide bonds. The summed E-state index contributed by atoms with van der Waals surface area (Å²) >= 11 is 0. The van der Waals surface area contributed by atoms with E-state index in [1.165, 1.54) is 12.1 Å². The van der Waals surface area contributed by atoms with Crippen LogP contribution < -0.4 is 5.32 Å². The molecule has 0 spiro atoms. The molecule has 1 unspecified atom stereocenters. The van der Waals surface area contributed by atoms with Gasteiger partial charge in [-0.1, -0.05) is 12.1 Å². The van der Waals surface area contributed by atoms with Crippen molar-refractivity contribution in [3.8, 4) is 0 Å². The van der Waals surface area contributed by atoms with Crippen molar-refractivity contribution in [2.45, 2.75) is 19.1 Å². The molecule has 0 heterocycles. The van der Waals surface area contributed by atoms with Gasteiger partial charge in [-0.25, -0.2) is 0 Å². The van der Waals surface area contributed by atoms with E-state index in [1.54, 1.807) is 6.92 Å². The maximum atomic E-state index is 12.3. The first-order valence-corrected chi connectivity index (χ1v) is 4.93. The Kier molecular flexibility index (Phi) is 4.11. The zero-order valence-electron chi connectivity index (χ0n) is 9.08. The van der Waals surface area contributed by atoms with Gasteiger partial charge in [0.25, 0.3) is 0 Å². The highest BCUT2D eigenvalue weighted by molar-refractivity contribution is 5.69. The topological polar surface area (TPSA) is 49.3 Å². The zero-order chi connectivity index (χ0) is 13.1. The molecule has 1 aromatic rings. The van der Waals surface area contributed by atoms with Crippen molar-refractivity contribution in [1.82, 2.24) is 5.32 Å². The summed E-state index contributed by atoms with van der Waals surface area (Å²) in [7, 11) is 0. The van der Waals surface area contributed by atoms with Gasteiger partial charge in [-0.3, -0.25) is 4.79 Å². The van der Waals surface area contributed by atoms with Crippen LogP contribution in [0.1, 0.15) is 24.1 Å². The lowest BCUT2D eigenvalue weighted by molar-refractivity contribution is -0.137. The number of alkyl halides is 3. The van der Waals surface area contributed by atoms with E-state index < -0.39 is 17.7 Å². The molecule has 0 bridgehead atoms. The number of carboxylic acids is 1. The SMILES string of the molecule is CC(NCC(=O)O)c1ccc(C(F)(F)F)cc1. The highest BCUT2D eigenvalue weighted by atomic mass is 19.4. The Morgan fingerprint density at radius 3 is 2.29 bits per heavy atom. The molecule has 6 heteroatoms. The van der Waals surface area contributed by atoms with Gasteiger partial charge in [0.05, 0.1) is 12.1 Å². The summed E-state index contributed by atoms with van der Waals surface area (Å²) in [6.45, 7) is 1.45. The van der Waals surface area contributed by atoms with Gasteiger partial charge in [0, 0.05) is 6.04 Å². The minimum absolute atomic E-state index is 0.234. The number of hydrogen-bond acceptors (Lipinski definition) is 2. The Balaban J connectivity index is 2.70. The van der Waals surface area contributed by atoms with Crippen LogP contribution >= 0.6 is 0 Å². The van der Waals surface area contributed by atoms with Crippen LogP contribution in [0.5, 0.6) is 0 Å². The van der Waals surface area contributed by atoms with Crippen molar-refractivity contribution in [2.75, 3.05) is 6.54 Å². The van der Waals surface area contributed by atoms with E-state index >= 15 is 0 Å². The normalized spacial score (nSPS) is 13.4. The van der Waals surface area contributed by atoms with Gasteiger partial charge in [0.1, 0.15) is 0 Å². The van der Waals surface area contributed by atoms with Gasteiger partial charge < -0.3 is 10.4 Å². The second kappa shape index (κ2) is 5.18. The van der Waals surface area contributed by atoms with Crippen molar-refractivity contribution in [2.24, 2.45) is 0 Å². The van der Waals surface area contributed by atoms with E-state index in [1.807, 2.05) is 0 Å². The van der Waals surface area contributed by atoms with Crippen LogP contribution in [-0.2, 0) is 11.0 Å². The highest BCUT2D eigenvalue weighted by Gasteiger charge is 2.30. The number of benzene rings is 1. The van der Waals surface area contributed by atoms with Crippen LogP contribution in [0.25, 0.3) is 0 Å². The Morgan fingerprint density at radius 2 is 1.88 bits per heavy atom. The number of aliphatic carboxylic acids is 1. The third-order valence-corrected chi connectivity index (χ3v) is 2.30. The zero-order valence-corrected chi connectivity index (χ0v) is 9.08. The van der Waals surface area contributed by atoms with E-state index in [2.05, 4.69) is 5.32 Å². The first-order chi connectivity index (χ1) is 7.80. The Hall–Kier alpha value is -1.56. The molecule has 0 radical (unpaired) electrons. The van der Waals surface area contributed by atoms with E-state index in [9.17, 15) is 18.0 Å². The molecule has 3 nitrogen and oxygen atoms in total. The summed E-state index contributed by atoms with van der Waals surface area (Å²) in [4.78, 5) is 10.3. The molecule has 1 aromatic carbocycles. The average Bonchev–Trinajstić information content (AvgIpc) is 2.25. The van der Waals surface area contributed by atoms with E-state index in [4.69, 9.17) is 5.11 Å². The summed E-state index contributed by atoms with van der Waals surface area (Å²) in [5.41, 5.74) is -0.106. The fourth-order valence-corrected chi connectivity index (χ4v) is 1.32. The van der Waals surface area contributed by atoms with Gasteiger partial charge in [-0.2, -0.15) is 13.2 Å². The average molecular weight is 247 g/mol. The summed E-state index contributed by atoms with van der Waals surface area (Å²) in [6.07, 6.45) is -4.35. The molecular weight excluding hydrogens is 235 g/mol. The predicted octanol–water partition coefficient (Wildman–Crippen LogP) is 2.44. The molecule has 0 aromatic heterocycles. The fraction of sp³-hybridized carbons (Fsp3) is 0.364. The molecular formula is C11H12F3NO2. The predicted molar refractivity (Wildman–Crippen MR) is 55.5 cm³/mol. The molecule has 2 N–H and O–H groups in total. The third kappa shape index (κ3) is 4.07. The van der Waals surface area contributed by atoms with Crippen molar-refractivity contribution in [3.63, 3.8) is 0 Å². The standard InChI is InChI=1S/C11H12F3NO2/c1-7(15-6-10(16)17)8-2-4-9(5-3-8)11(12,13)14/h2-5,7,15H,6H2,1H3,(H,16,17). The molecule has 17 heavy (non-hydrogen) atoms. The van der Waals surface area contributed by atoms with Gasteiger partial charge >= 0.3 is 12.1 Å². The van der Waals surface area contributed by atoms with Gasteiger partial charge in [-0.05, 0) is 24.6 Å². The van der Waals surface area contributed by atoms with Crippen molar-refractivity contribution in [1.29, 1.82) is 0 Å². The lowest BCUT2D eigenvalue weighted by atomic mass is 10.1. The lowest BCUT2D eigenvalue weighted by Gasteiger charge is -2.14. The summed E-state index contributed by atoms with van der Waals surface area (Å²) in [5.74, 6) is -1.01. The Labute approximate surface area is 96.3 Å². The summed E-state index contributed by atoms with van der Waals surface area (Å²) in [6, 6.07) is 4.32. The minimum atomic E-state index is -4.35. The number of carboxylic acid groups (broad SMARTS) is 1. The van der Waals surface area contributed by atoms with Crippen LogP contribution in [0.2, 0.25) is 0 Å². The summed E-state index contributed by atoms with van der Waals surface area (Å²) < 4.78 is 36.8. The lowest BCUT2D eigenvalue weighted by Crippen LogP contribution is -2.25. The van der Waals surface area contributed by atoms with Gasteiger partial charge in [-0.15, -0.1) is 0 Å². The van der Waals surface area contributed by atoms with Gasteiger partial charge in [0.15, 0.2) is 0 Å². The van der Waals surface area contributed by atoms with Crippen molar-refractivity contribution in [3.05, 3.63) is 35.4 Å². The number of hydrogen-bond donors (Lipinski definition) is 2. The molecule has 0 aliphatic carbocycles. The third-order valence-electron chi connectivity index (χ3n) is 2.30. The number of rotatable bonds is 4. The van der Waals surface area contributed by atoms with Crippen molar-refractivity contribution < 1.29 is 23.1 Å². The quantitative estimate of drug-likeness (QED) is 0.859. The molecule has 0 aliphatic heterocycles. The first kappa shape index (κ1) is 13.5. The maximum Gasteiger partial charge on any atom is 0.416 e. The van der Waals surface area contributed by atoms with Gasteiger partial charge in [0.2, 0.25) is 0 Å². The van der Waals surface area contributed by atoms with E-state index in [0.29, 0.717) is 5.56 Å². The second-order valence-corrected chi connectivity index (χ2v) is 3.62. The monoisotopic (exact) mass is 247 g/mol. The van der Waals surface area contributed by atoms with Crippen molar-refractivity contribution >= 4 is 5.97 Å². The van der Waals surface area contributed by atoms with Crippen LogP contribution in [0, 0.1) is 0 Å². The maximum absolute atomic E-state index is 12.3. The van der Waals surface area contributed by atoms with E-state index in [0.717, 1.165) is 12.1 Å². The molecule has 0 aliphatic rings. The van der Waals surface area contributed by atoms with Crippen LogP contribution in [-0.4, -0.2) is 17.6 Å². The van der Waals surface area contributed by atoms with Crippen LogP contribution in [0.15, 0.2) is 24.3 Å². The fourth-order valence-electron chi connectivity index (χ4n) is 1.32. The highest BCUT2D eigenvalue weighted by Crippen LogP contribution is 2.29. The molecule has 1 atom stereocenters.